The summed E-state index contributed by atoms with van der Waals surface area (Å²) in [5.74, 6) is 0. The summed E-state index contributed by atoms with van der Waals surface area (Å²) < 4.78 is 67.1. The maximum Gasteiger partial charge on any atom is 0.391 e. The predicted octanol–water partition coefficient (Wildman–Crippen LogP) is 2.94. The van der Waals surface area contributed by atoms with Gasteiger partial charge in [-0.15, -0.1) is 13.2 Å². The van der Waals surface area contributed by atoms with E-state index in [0.717, 1.165) is 0 Å². The quantitative estimate of drug-likeness (QED) is 0.416. The molecule has 14 heavy (non-hydrogen) atoms. The minimum atomic E-state index is -4.69. The summed E-state index contributed by atoms with van der Waals surface area (Å²) in [4.78, 5) is 2.38. The molecule has 90 valence electrons. The molecule has 0 aromatic heterocycles. The van der Waals surface area contributed by atoms with E-state index in [-0.39, 0.29) is 0 Å². The third-order valence-electron chi connectivity index (χ3n) is 0.0412. The SMILES string of the molecule is C=C.FCF.FCOF.O=S(=O)(F)Cl. The lowest BCUT2D eigenvalue weighted by atomic mass is 11.3. The molecule has 0 aliphatic carbocycles. The summed E-state index contributed by atoms with van der Waals surface area (Å²) in [5.41, 5.74) is 0. The second-order valence-corrected chi connectivity index (χ2v) is 2.56. The van der Waals surface area contributed by atoms with Crippen molar-refractivity contribution < 1.29 is 34.9 Å². The number of rotatable bonds is 1. The second kappa shape index (κ2) is 22.9. The fraction of sp³-hybridized carbons (Fsp3) is 0.500. The Morgan fingerprint density at radius 1 is 1.21 bits per heavy atom. The van der Waals surface area contributed by atoms with Gasteiger partial charge in [0.25, 0.3) is 0 Å². The topological polar surface area (TPSA) is 43.4 Å². The van der Waals surface area contributed by atoms with E-state index in [9.17, 15) is 21.6 Å². The Hall–Kier alpha value is -0.410. The highest BCUT2D eigenvalue weighted by molar-refractivity contribution is 8.09. The fourth-order valence-corrected chi connectivity index (χ4v) is 0. The van der Waals surface area contributed by atoms with E-state index in [1.807, 2.05) is 0 Å². The van der Waals surface area contributed by atoms with Crippen LogP contribution in [0.25, 0.3) is 0 Å². The van der Waals surface area contributed by atoms with E-state index >= 15 is 0 Å². The van der Waals surface area contributed by atoms with Gasteiger partial charge in [0.05, 0.1) is 10.7 Å². The van der Waals surface area contributed by atoms with Crippen molar-refractivity contribution in [3.8, 4) is 0 Å². The molecule has 0 unspecified atom stereocenters. The van der Waals surface area contributed by atoms with E-state index in [1.54, 1.807) is 0 Å². The van der Waals surface area contributed by atoms with Crippen molar-refractivity contribution in [3.63, 3.8) is 0 Å². The van der Waals surface area contributed by atoms with Gasteiger partial charge < -0.3 is 0 Å². The first-order valence-corrected chi connectivity index (χ1v) is 4.60. The molecule has 0 spiro atoms. The van der Waals surface area contributed by atoms with Crippen molar-refractivity contribution >= 4 is 20.1 Å². The highest BCUT2D eigenvalue weighted by atomic mass is 35.7. The van der Waals surface area contributed by atoms with Crippen LogP contribution in [-0.4, -0.2) is 22.2 Å². The summed E-state index contributed by atoms with van der Waals surface area (Å²) in [6.45, 7) is 2.90. The van der Waals surface area contributed by atoms with Gasteiger partial charge in [-0.1, -0.05) is 3.89 Å². The van der Waals surface area contributed by atoms with Crippen molar-refractivity contribution in [1.82, 2.24) is 0 Å². The van der Waals surface area contributed by atoms with Gasteiger partial charge in [-0.25, -0.2) is 13.2 Å². The van der Waals surface area contributed by atoms with Crippen LogP contribution in [-0.2, 0) is 14.4 Å². The van der Waals surface area contributed by atoms with Crippen LogP contribution in [0.5, 0.6) is 0 Å². The molecule has 0 radical (unpaired) electrons. The molecule has 0 bridgehead atoms. The Morgan fingerprint density at radius 2 is 1.29 bits per heavy atom. The highest BCUT2D eigenvalue weighted by Gasteiger charge is 1.91. The Bertz CT molecular complexity index is 154. The van der Waals surface area contributed by atoms with Gasteiger partial charge in [0.2, 0.25) is 13.8 Å². The summed E-state index contributed by atoms with van der Waals surface area (Å²) >= 11 is 0. The molecule has 0 aromatic rings. The van der Waals surface area contributed by atoms with Gasteiger partial charge in [-0.2, -0.15) is 13.4 Å². The molecule has 0 N–H and O–H groups in total. The Morgan fingerprint density at radius 3 is 1.29 bits per heavy atom. The zero-order valence-corrected chi connectivity index (χ0v) is 8.30. The van der Waals surface area contributed by atoms with E-state index in [0.29, 0.717) is 0 Å². The van der Waals surface area contributed by atoms with Gasteiger partial charge in [-0.05, 0) is 4.53 Å². The lowest BCUT2D eigenvalue weighted by Crippen LogP contribution is -1.66. The molecule has 10 heteroatoms. The van der Waals surface area contributed by atoms with Crippen LogP contribution in [0.2, 0.25) is 0 Å². The molecule has 0 amide bonds. The lowest BCUT2D eigenvalue weighted by molar-refractivity contribution is -0.167. The first-order chi connectivity index (χ1) is 6.33. The second-order valence-electron chi connectivity index (χ2n) is 0.698. The van der Waals surface area contributed by atoms with Crippen LogP contribution >= 0.6 is 10.7 Å². The molecule has 0 heterocycles. The van der Waals surface area contributed by atoms with E-state index in [2.05, 4.69) is 28.8 Å². The monoisotopic (exact) mass is 266 g/mol. The van der Waals surface area contributed by atoms with Gasteiger partial charge >= 0.3 is 9.44 Å². The van der Waals surface area contributed by atoms with E-state index < -0.39 is 23.2 Å². The van der Waals surface area contributed by atoms with Gasteiger partial charge in [0, 0.05) is 0 Å². The molecular weight excluding hydrogens is 259 g/mol. The Balaban J connectivity index is -0.0000000505. The number of halogens is 6. The largest absolute Gasteiger partial charge is 0.391 e. The molecule has 0 saturated heterocycles. The summed E-state index contributed by atoms with van der Waals surface area (Å²) in [7, 11) is -0.859. The Labute approximate surface area is 82.7 Å². The van der Waals surface area contributed by atoms with Crippen LogP contribution in [0.1, 0.15) is 0 Å². The standard InChI is InChI=1S/C2H4.CH2F2O.CH2F2.ClFO2S/c1-2;2-1-4-3;2-1-3;1-5(2,3)4/h1-2H2;1H2;1H2;. The minimum absolute atomic E-state index is 1.35. The zero-order valence-electron chi connectivity index (χ0n) is 6.73. The van der Waals surface area contributed by atoms with Crippen LogP contribution in [0.15, 0.2) is 13.2 Å². The first-order valence-electron chi connectivity index (χ1n) is 2.39. The summed E-state index contributed by atoms with van der Waals surface area (Å²) in [6, 6.07) is 0. The van der Waals surface area contributed by atoms with Gasteiger partial charge in [-0.3, -0.25) is 0 Å². The molecular formula is C4H8ClF5O3S. The molecule has 0 aliphatic rings. The van der Waals surface area contributed by atoms with Crippen molar-refractivity contribution in [2.75, 3.05) is 13.8 Å². The van der Waals surface area contributed by atoms with Crippen molar-refractivity contribution in [2.24, 2.45) is 0 Å². The average Bonchev–Trinajstić information content (AvgIpc) is 2.06. The molecule has 0 atom stereocenters. The molecule has 0 saturated carbocycles. The number of hydrogen-bond donors (Lipinski definition) is 0. The average molecular weight is 267 g/mol. The minimum Gasteiger partial charge on any atom is -0.216 e. The van der Waals surface area contributed by atoms with Crippen LogP contribution in [0, 0.1) is 0 Å². The maximum atomic E-state index is 10.4. The lowest BCUT2D eigenvalue weighted by Gasteiger charge is -1.64. The zero-order chi connectivity index (χ0) is 12.6. The fourth-order valence-electron chi connectivity index (χ4n) is 0. The van der Waals surface area contributed by atoms with Gasteiger partial charge in [0.15, 0.2) is 0 Å². The first kappa shape index (κ1) is 23.4. The highest BCUT2D eigenvalue weighted by Crippen LogP contribution is 1.92. The van der Waals surface area contributed by atoms with E-state index in [1.165, 1.54) is 0 Å². The normalized spacial score (nSPS) is 7.86. The van der Waals surface area contributed by atoms with Crippen LogP contribution < -0.4 is 0 Å². The third-order valence-corrected chi connectivity index (χ3v) is 0.0412. The van der Waals surface area contributed by atoms with Crippen molar-refractivity contribution in [2.45, 2.75) is 0 Å². The van der Waals surface area contributed by atoms with Crippen LogP contribution in [0.3, 0.4) is 0 Å². The van der Waals surface area contributed by atoms with Crippen molar-refractivity contribution in [1.29, 1.82) is 0 Å². The molecule has 0 aliphatic heterocycles. The van der Waals surface area contributed by atoms with E-state index in [4.69, 9.17) is 8.42 Å². The Kier molecular flexibility index (Phi) is 38.3. The maximum absolute atomic E-state index is 10.4. The third kappa shape index (κ3) is 3730. The molecule has 0 rings (SSSR count). The summed E-state index contributed by atoms with van der Waals surface area (Å²) in [6.07, 6.45) is 0. The number of alkyl halides is 3. The number of hydrogen-bond acceptors (Lipinski definition) is 3. The molecule has 3 nitrogen and oxygen atoms in total. The summed E-state index contributed by atoms with van der Waals surface area (Å²) in [5, 5.41) is 0. The van der Waals surface area contributed by atoms with Gasteiger partial charge in [0.1, 0.15) is 0 Å². The molecule has 0 fully saturated rings. The smallest absolute Gasteiger partial charge is 0.216 e. The predicted molar refractivity (Wildman–Crippen MR) is 42.4 cm³/mol. The molecule has 0 aromatic carbocycles. The van der Waals surface area contributed by atoms with Crippen LogP contribution in [0.4, 0.5) is 21.6 Å². The van der Waals surface area contributed by atoms with Crippen molar-refractivity contribution in [3.05, 3.63) is 13.2 Å².